The fraction of sp³-hybridized carbons (Fsp3) is 1.00. The molecule has 0 bridgehead atoms. The monoisotopic (exact) mass is 278 g/mol. The van der Waals surface area contributed by atoms with Crippen LogP contribution < -0.4 is 0 Å². The van der Waals surface area contributed by atoms with E-state index in [1.165, 1.54) is 23.7 Å². The molecule has 0 aliphatic heterocycles. The maximum absolute atomic E-state index is 2.57. The predicted molar refractivity (Wildman–Crippen MR) is 61.7 cm³/mol. The molecule has 0 amide bonds. The van der Waals surface area contributed by atoms with Gasteiger partial charge >= 0.3 is 0 Å². The van der Waals surface area contributed by atoms with Crippen LogP contribution in [0.3, 0.4) is 0 Å². The Morgan fingerprint density at radius 1 is 0.917 bits per heavy atom. The summed E-state index contributed by atoms with van der Waals surface area (Å²) in [5, 5.41) is 0. The molecule has 2 fully saturated rings. The molecule has 0 aromatic carbocycles. The Labute approximate surface area is 89.6 Å². The largest absolute Gasteiger partial charge is 0.0861 e. The van der Waals surface area contributed by atoms with E-state index in [2.05, 4.69) is 22.6 Å². The molecule has 0 aromatic heterocycles. The maximum Gasteiger partial charge on any atom is 0.00238 e. The summed E-state index contributed by atoms with van der Waals surface area (Å²) in [6.07, 6.45) is 10.8. The Balaban J connectivity index is 1.90. The van der Waals surface area contributed by atoms with Crippen LogP contribution in [0.4, 0.5) is 0 Å². The van der Waals surface area contributed by atoms with E-state index in [-0.39, 0.29) is 0 Å². The van der Waals surface area contributed by atoms with Crippen LogP contribution in [0, 0.1) is 17.8 Å². The first kappa shape index (κ1) is 9.29. The number of fused-ring (bicyclic) bond motifs is 1. The average molecular weight is 278 g/mol. The maximum atomic E-state index is 2.57. The number of alkyl halides is 1. The van der Waals surface area contributed by atoms with E-state index >= 15 is 0 Å². The lowest BCUT2D eigenvalue weighted by Crippen LogP contribution is -2.28. The van der Waals surface area contributed by atoms with Crippen molar-refractivity contribution >= 4 is 22.6 Å². The number of hydrogen-bond donors (Lipinski definition) is 0. The third-order valence-electron chi connectivity index (χ3n) is 3.87. The van der Waals surface area contributed by atoms with Gasteiger partial charge in [-0.05, 0) is 37.0 Å². The van der Waals surface area contributed by atoms with Crippen molar-refractivity contribution in [1.29, 1.82) is 0 Å². The van der Waals surface area contributed by atoms with Gasteiger partial charge < -0.3 is 0 Å². The van der Waals surface area contributed by atoms with Crippen molar-refractivity contribution in [2.45, 2.75) is 44.9 Å². The standard InChI is InChI=1S/C11H19I/c12-8-9-5-6-10-3-1-2-4-11(10)7-9/h9-11H,1-8H2/t9-,10-,11+/m1/s1. The van der Waals surface area contributed by atoms with Crippen molar-refractivity contribution in [2.75, 3.05) is 4.43 Å². The van der Waals surface area contributed by atoms with Gasteiger partial charge in [-0.1, -0.05) is 48.3 Å². The molecule has 2 aliphatic rings. The highest BCUT2D eigenvalue weighted by Crippen LogP contribution is 2.42. The lowest BCUT2D eigenvalue weighted by molar-refractivity contribution is 0.140. The summed E-state index contributed by atoms with van der Waals surface area (Å²) in [5.74, 6) is 3.34. The zero-order valence-corrected chi connectivity index (χ0v) is 9.92. The van der Waals surface area contributed by atoms with Crippen LogP contribution in [-0.4, -0.2) is 4.43 Å². The highest BCUT2D eigenvalue weighted by molar-refractivity contribution is 14.1. The van der Waals surface area contributed by atoms with Crippen molar-refractivity contribution in [2.24, 2.45) is 17.8 Å². The van der Waals surface area contributed by atoms with Crippen molar-refractivity contribution in [3.05, 3.63) is 0 Å². The molecule has 0 heterocycles. The van der Waals surface area contributed by atoms with Gasteiger partial charge in [-0.2, -0.15) is 0 Å². The molecule has 3 atom stereocenters. The summed E-state index contributed by atoms with van der Waals surface area (Å²) in [5.41, 5.74) is 0. The van der Waals surface area contributed by atoms with Gasteiger partial charge in [0, 0.05) is 4.43 Å². The second-order valence-corrected chi connectivity index (χ2v) is 5.52. The van der Waals surface area contributed by atoms with Crippen LogP contribution in [-0.2, 0) is 0 Å². The van der Waals surface area contributed by atoms with Crippen LogP contribution in [0.15, 0.2) is 0 Å². The second kappa shape index (κ2) is 4.30. The van der Waals surface area contributed by atoms with E-state index in [0.29, 0.717) is 0 Å². The minimum absolute atomic E-state index is 1.07. The molecule has 2 rings (SSSR count). The van der Waals surface area contributed by atoms with Gasteiger partial charge in [0.25, 0.3) is 0 Å². The van der Waals surface area contributed by atoms with Gasteiger partial charge in [0.1, 0.15) is 0 Å². The topological polar surface area (TPSA) is 0 Å². The van der Waals surface area contributed by atoms with Crippen LogP contribution >= 0.6 is 22.6 Å². The molecule has 0 spiro atoms. The lowest BCUT2D eigenvalue weighted by Gasteiger charge is -2.38. The van der Waals surface area contributed by atoms with Crippen LogP contribution in [0.5, 0.6) is 0 Å². The summed E-state index contributed by atoms with van der Waals surface area (Å²) < 4.78 is 1.40. The Bertz CT molecular complexity index is 144. The normalized spacial score (nSPS) is 42.2. The highest BCUT2D eigenvalue weighted by Gasteiger charge is 2.31. The molecular formula is C11H19I. The fourth-order valence-corrected chi connectivity index (χ4v) is 3.91. The Morgan fingerprint density at radius 2 is 1.67 bits per heavy atom. The van der Waals surface area contributed by atoms with Crippen molar-refractivity contribution < 1.29 is 0 Å². The second-order valence-electron chi connectivity index (χ2n) is 4.64. The van der Waals surface area contributed by atoms with E-state index in [4.69, 9.17) is 0 Å². The molecule has 12 heavy (non-hydrogen) atoms. The van der Waals surface area contributed by atoms with E-state index in [9.17, 15) is 0 Å². The SMILES string of the molecule is IC[C@@H]1CC[C@H]2CCCC[C@H]2C1. The summed E-state index contributed by atoms with van der Waals surface area (Å²) in [6, 6.07) is 0. The number of rotatable bonds is 1. The number of hydrogen-bond acceptors (Lipinski definition) is 0. The smallest absolute Gasteiger partial charge is 0.00238 e. The average Bonchev–Trinajstić information content (AvgIpc) is 2.17. The van der Waals surface area contributed by atoms with Gasteiger partial charge in [-0.15, -0.1) is 0 Å². The van der Waals surface area contributed by atoms with E-state index in [1.807, 2.05) is 0 Å². The van der Waals surface area contributed by atoms with Crippen LogP contribution in [0.1, 0.15) is 44.9 Å². The molecular weight excluding hydrogens is 259 g/mol. The van der Waals surface area contributed by atoms with E-state index in [1.54, 1.807) is 25.7 Å². The van der Waals surface area contributed by atoms with Gasteiger partial charge in [0.05, 0.1) is 0 Å². The van der Waals surface area contributed by atoms with E-state index in [0.717, 1.165) is 17.8 Å². The van der Waals surface area contributed by atoms with Gasteiger partial charge in [0.15, 0.2) is 0 Å². The molecule has 0 radical (unpaired) electrons. The summed E-state index contributed by atoms with van der Waals surface area (Å²) in [7, 11) is 0. The Kier molecular flexibility index (Phi) is 3.33. The lowest BCUT2D eigenvalue weighted by atomic mass is 9.68. The zero-order valence-electron chi connectivity index (χ0n) is 7.77. The quantitative estimate of drug-likeness (QED) is 0.502. The molecule has 0 N–H and O–H groups in total. The Hall–Kier alpha value is 0.730. The molecule has 0 nitrogen and oxygen atoms in total. The predicted octanol–water partition coefficient (Wildman–Crippen LogP) is 4.03. The van der Waals surface area contributed by atoms with Crippen molar-refractivity contribution in [3.63, 3.8) is 0 Å². The minimum atomic E-state index is 1.07. The summed E-state index contributed by atoms with van der Waals surface area (Å²) in [4.78, 5) is 0. The fourth-order valence-electron chi connectivity index (χ4n) is 3.11. The summed E-state index contributed by atoms with van der Waals surface area (Å²) in [6.45, 7) is 0. The molecule has 2 aliphatic carbocycles. The van der Waals surface area contributed by atoms with Crippen LogP contribution in [0.2, 0.25) is 0 Å². The van der Waals surface area contributed by atoms with Crippen molar-refractivity contribution in [1.82, 2.24) is 0 Å². The summed E-state index contributed by atoms with van der Waals surface area (Å²) >= 11 is 2.57. The molecule has 0 unspecified atom stereocenters. The molecule has 0 aromatic rings. The first-order valence-electron chi connectivity index (χ1n) is 5.46. The number of halogens is 1. The molecule has 1 heteroatoms. The van der Waals surface area contributed by atoms with Gasteiger partial charge in [0.2, 0.25) is 0 Å². The third kappa shape index (κ3) is 1.97. The third-order valence-corrected chi connectivity index (χ3v) is 5.11. The molecule has 2 saturated carbocycles. The van der Waals surface area contributed by atoms with Crippen LogP contribution in [0.25, 0.3) is 0 Å². The van der Waals surface area contributed by atoms with Gasteiger partial charge in [-0.25, -0.2) is 0 Å². The first-order valence-corrected chi connectivity index (χ1v) is 6.98. The van der Waals surface area contributed by atoms with Gasteiger partial charge in [-0.3, -0.25) is 0 Å². The highest BCUT2D eigenvalue weighted by atomic mass is 127. The minimum Gasteiger partial charge on any atom is -0.0861 e. The molecule has 70 valence electrons. The van der Waals surface area contributed by atoms with E-state index < -0.39 is 0 Å². The molecule has 0 saturated heterocycles. The first-order chi connectivity index (χ1) is 5.90. The Morgan fingerprint density at radius 3 is 2.42 bits per heavy atom. The zero-order chi connectivity index (χ0) is 8.39. The van der Waals surface area contributed by atoms with Crippen molar-refractivity contribution in [3.8, 4) is 0 Å².